The minimum Gasteiger partial charge on any atom is -0.444 e. The second-order valence-electron chi connectivity index (χ2n) is 10.0. The molecule has 0 aliphatic carbocycles. The van der Waals surface area contributed by atoms with Crippen LogP contribution in [0.15, 0.2) is 91.0 Å². The molecule has 0 saturated carbocycles. The monoisotopic (exact) mass is 521 g/mol. The summed E-state index contributed by atoms with van der Waals surface area (Å²) in [6.45, 7) is 6.42. The third-order valence-corrected chi connectivity index (χ3v) is 5.58. The predicted molar refractivity (Wildman–Crippen MR) is 146 cm³/mol. The van der Waals surface area contributed by atoms with Gasteiger partial charge in [-0.25, -0.2) is 4.79 Å². The number of benzene rings is 3. The second-order valence-corrected chi connectivity index (χ2v) is 10.0. The Bertz CT molecular complexity index is 1060. The van der Waals surface area contributed by atoms with Gasteiger partial charge in [-0.3, -0.25) is 0 Å². The maximum absolute atomic E-state index is 12.4. The lowest BCUT2D eigenvalue weighted by Gasteiger charge is -2.31. The summed E-state index contributed by atoms with van der Waals surface area (Å²) < 4.78 is 23.7. The van der Waals surface area contributed by atoms with E-state index in [1.807, 2.05) is 91.0 Å². The van der Waals surface area contributed by atoms with Crippen molar-refractivity contribution in [3.05, 3.63) is 108 Å². The molecule has 0 aliphatic rings. The molecule has 0 radical (unpaired) electrons. The molecule has 2 N–H and O–H groups in total. The van der Waals surface area contributed by atoms with E-state index in [0.29, 0.717) is 6.61 Å². The van der Waals surface area contributed by atoms with E-state index in [9.17, 15) is 9.90 Å². The smallest absolute Gasteiger partial charge is 0.407 e. The van der Waals surface area contributed by atoms with Crippen LogP contribution in [0.3, 0.4) is 0 Å². The number of alkyl carbamates (subject to hydrolysis) is 1. The maximum atomic E-state index is 12.4. The highest BCUT2D eigenvalue weighted by Gasteiger charge is 2.32. The number of rotatable bonds is 14. The predicted octanol–water partition coefficient (Wildman–Crippen LogP) is 5.26. The Morgan fingerprint density at radius 2 is 1.24 bits per heavy atom. The molecule has 0 bridgehead atoms. The van der Waals surface area contributed by atoms with Crippen LogP contribution in [0.1, 0.15) is 37.5 Å². The third-order valence-electron chi connectivity index (χ3n) is 5.58. The van der Waals surface area contributed by atoms with E-state index in [2.05, 4.69) is 5.32 Å². The molecular formula is C31H39NO6. The number of ether oxygens (including phenoxy) is 4. The van der Waals surface area contributed by atoms with Crippen LogP contribution >= 0.6 is 0 Å². The number of nitrogens with one attached hydrogen (secondary N) is 1. The molecule has 38 heavy (non-hydrogen) atoms. The van der Waals surface area contributed by atoms with Crippen LogP contribution in [0.4, 0.5) is 4.79 Å². The lowest BCUT2D eigenvalue weighted by atomic mass is 10.1. The summed E-state index contributed by atoms with van der Waals surface area (Å²) in [6, 6.07) is 29.2. The fraction of sp³-hybridized carbons (Fsp3) is 0.387. The first kappa shape index (κ1) is 29.3. The van der Waals surface area contributed by atoms with Gasteiger partial charge in [0.15, 0.2) is 0 Å². The van der Waals surface area contributed by atoms with Crippen molar-refractivity contribution in [2.45, 2.75) is 64.5 Å². The number of carbonyl (C=O) groups excluding carboxylic acids is 1. The van der Waals surface area contributed by atoms with Crippen LogP contribution in [-0.4, -0.2) is 48.3 Å². The van der Waals surface area contributed by atoms with Gasteiger partial charge in [0, 0.05) is 6.54 Å². The van der Waals surface area contributed by atoms with E-state index in [-0.39, 0.29) is 26.4 Å². The third kappa shape index (κ3) is 11.0. The molecule has 0 saturated heterocycles. The second kappa shape index (κ2) is 15.2. The van der Waals surface area contributed by atoms with Crippen molar-refractivity contribution in [3.8, 4) is 0 Å². The molecule has 0 aromatic heterocycles. The Labute approximate surface area is 225 Å². The number of carbonyl (C=O) groups is 1. The first-order valence-electron chi connectivity index (χ1n) is 12.9. The van der Waals surface area contributed by atoms with Crippen LogP contribution in [0.25, 0.3) is 0 Å². The van der Waals surface area contributed by atoms with Crippen LogP contribution in [0.2, 0.25) is 0 Å². The number of hydrogen-bond acceptors (Lipinski definition) is 6. The molecule has 0 heterocycles. The normalized spacial score (nSPS) is 13.9. The molecule has 0 aliphatic heterocycles. The molecule has 7 heteroatoms. The zero-order valence-corrected chi connectivity index (χ0v) is 22.4. The lowest BCUT2D eigenvalue weighted by molar-refractivity contribution is -0.146. The molecule has 3 atom stereocenters. The quantitative estimate of drug-likeness (QED) is 0.301. The molecule has 3 aromatic carbocycles. The van der Waals surface area contributed by atoms with Gasteiger partial charge in [-0.2, -0.15) is 0 Å². The Hall–Kier alpha value is -3.23. The van der Waals surface area contributed by atoms with Crippen molar-refractivity contribution in [3.63, 3.8) is 0 Å². The zero-order valence-electron chi connectivity index (χ0n) is 22.4. The minimum absolute atomic E-state index is 0.0337. The van der Waals surface area contributed by atoms with E-state index in [1.165, 1.54) is 0 Å². The van der Waals surface area contributed by atoms with Crippen molar-refractivity contribution < 1.29 is 28.8 Å². The highest BCUT2D eigenvalue weighted by molar-refractivity contribution is 5.67. The van der Waals surface area contributed by atoms with E-state index in [1.54, 1.807) is 20.8 Å². The Balaban J connectivity index is 1.73. The van der Waals surface area contributed by atoms with E-state index in [4.69, 9.17) is 18.9 Å². The molecule has 0 spiro atoms. The summed E-state index contributed by atoms with van der Waals surface area (Å²) in [5, 5.41) is 14.0. The number of aliphatic hydroxyl groups is 1. The average Bonchev–Trinajstić information content (AvgIpc) is 2.90. The van der Waals surface area contributed by atoms with Crippen LogP contribution in [0, 0.1) is 0 Å². The highest BCUT2D eigenvalue weighted by atomic mass is 16.6. The van der Waals surface area contributed by atoms with E-state index >= 15 is 0 Å². The first-order valence-corrected chi connectivity index (χ1v) is 12.9. The van der Waals surface area contributed by atoms with Gasteiger partial charge < -0.3 is 29.4 Å². The van der Waals surface area contributed by atoms with Crippen molar-refractivity contribution >= 4 is 6.09 Å². The summed E-state index contributed by atoms with van der Waals surface area (Å²) in [5.74, 6) is 0. The van der Waals surface area contributed by atoms with Gasteiger partial charge in [-0.1, -0.05) is 91.0 Å². The van der Waals surface area contributed by atoms with Gasteiger partial charge in [-0.05, 0) is 37.5 Å². The largest absolute Gasteiger partial charge is 0.444 e. The summed E-state index contributed by atoms with van der Waals surface area (Å²) in [5.41, 5.74) is 2.28. The average molecular weight is 522 g/mol. The number of amides is 1. The minimum atomic E-state index is -1.01. The van der Waals surface area contributed by atoms with Crippen LogP contribution in [0.5, 0.6) is 0 Å². The fourth-order valence-corrected chi connectivity index (χ4v) is 3.74. The summed E-state index contributed by atoms with van der Waals surface area (Å²) >= 11 is 0. The molecular weight excluding hydrogens is 482 g/mol. The van der Waals surface area contributed by atoms with Crippen LogP contribution < -0.4 is 5.32 Å². The molecule has 204 valence electrons. The summed E-state index contributed by atoms with van der Waals surface area (Å²) in [7, 11) is 0. The van der Waals surface area contributed by atoms with Gasteiger partial charge in [0.05, 0.1) is 26.4 Å². The molecule has 3 rings (SSSR count). The van der Waals surface area contributed by atoms with E-state index < -0.39 is 30.0 Å². The highest BCUT2D eigenvalue weighted by Crippen LogP contribution is 2.17. The topological polar surface area (TPSA) is 86.3 Å². The van der Waals surface area contributed by atoms with Gasteiger partial charge >= 0.3 is 6.09 Å². The summed E-state index contributed by atoms with van der Waals surface area (Å²) in [4.78, 5) is 12.4. The number of aliphatic hydroxyl groups excluding tert-OH is 1. The van der Waals surface area contributed by atoms with Crippen molar-refractivity contribution in [1.29, 1.82) is 0 Å². The fourth-order valence-electron chi connectivity index (χ4n) is 3.74. The molecule has 7 nitrogen and oxygen atoms in total. The molecule has 1 amide bonds. The van der Waals surface area contributed by atoms with Crippen molar-refractivity contribution in [2.75, 3.05) is 13.2 Å². The summed E-state index contributed by atoms with van der Waals surface area (Å²) in [6.07, 6.45) is -3.04. The SMILES string of the molecule is CC(C)(C)OC(=O)NC[C@H](OCc1ccccc1)[C@@H](OCc1ccccc1)[C@@H](O)COCc1ccccc1. The molecule has 0 fully saturated rings. The number of hydrogen-bond donors (Lipinski definition) is 2. The van der Waals surface area contributed by atoms with Crippen molar-refractivity contribution in [1.82, 2.24) is 5.32 Å². The van der Waals surface area contributed by atoms with E-state index in [0.717, 1.165) is 16.7 Å². The van der Waals surface area contributed by atoms with Crippen LogP contribution in [-0.2, 0) is 38.8 Å². The Kier molecular flexibility index (Phi) is 11.8. The molecule has 3 aromatic rings. The van der Waals surface area contributed by atoms with Crippen molar-refractivity contribution in [2.24, 2.45) is 0 Å². The van der Waals surface area contributed by atoms with Gasteiger partial charge in [-0.15, -0.1) is 0 Å². The van der Waals surface area contributed by atoms with Gasteiger partial charge in [0.1, 0.15) is 23.9 Å². The Morgan fingerprint density at radius 3 is 1.74 bits per heavy atom. The Morgan fingerprint density at radius 1 is 0.763 bits per heavy atom. The zero-order chi connectivity index (χ0) is 27.2. The van der Waals surface area contributed by atoms with Gasteiger partial charge in [0.2, 0.25) is 0 Å². The molecule has 0 unspecified atom stereocenters. The standard InChI is InChI=1S/C31H39NO6/c1-31(2,3)38-30(34)32-19-28(36-21-25-15-9-5-10-16-25)29(37-22-26-17-11-6-12-18-26)27(33)23-35-20-24-13-7-4-8-14-24/h4-18,27-29,33H,19-23H2,1-3H3,(H,32,34)/t27-,28-,29-/m0/s1. The maximum Gasteiger partial charge on any atom is 0.407 e. The van der Waals surface area contributed by atoms with Gasteiger partial charge in [0.25, 0.3) is 0 Å². The first-order chi connectivity index (χ1) is 18.3. The lowest BCUT2D eigenvalue weighted by Crippen LogP contribution is -2.49.